The molecule has 0 aliphatic carbocycles. The molecule has 0 aliphatic heterocycles. The summed E-state index contributed by atoms with van der Waals surface area (Å²) in [5, 5.41) is 17.3. The van der Waals surface area contributed by atoms with Gasteiger partial charge >= 0.3 is 5.97 Å². The van der Waals surface area contributed by atoms with Crippen LogP contribution in [0.15, 0.2) is 12.2 Å². The fraction of sp³-hybridized carbons (Fsp3) is 0.667. The number of carbonyl (C=O) groups is 1. The summed E-state index contributed by atoms with van der Waals surface area (Å²) in [5.74, 6) is -0.962. The molecular formula is C9H16O4. The summed E-state index contributed by atoms with van der Waals surface area (Å²) in [6.45, 7) is 5.76. The van der Waals surface area contributed by atoms with E-state index in [1.807, 2.05) is 0 Å². The zero-order valence-corrected chi connectivity index (χ0v) is 7.82. The molecule has 0 saturated carbocycles. The number of ether oxygens (including phenoxy) is 1. The first-order chi connectivity index (χ1) is 6.04. The highest BCUT2D eigenvalue weighted by Crippen LogP contribution is 2.02. The predicted molar refractivity (Wildman–Crippen MR) is 48.5 cm³/mol. The van der Waals surface area contributed by atoms with E-state index in [0.717, 1.165) is 0 Å². The van der Waals surface area contributed by atoms with Crippen molar-refractivity contribution < 1.29 is 19.7 Å². The molecule has 0 spiro atoms. The summed E-state index contributed by atoms with van der Waals surface area (Å²) < 4.78 is 5.04. The van der Waals surface area contributed by atoms with Gasteiger partial charge in [0.2, 0.25) is 0 Å². The van der Waals surface area contributed by atoms with Gasteiger partial charge in [0.05, 0.1) is 12.7 Å². The Bertz CT molecular complexity index is 174. The average molecular weight is 188 g/mol. The average Bonchev–Trinajstić information content (AvgIpc) is 2.02. The molecule has 4 heteroatoms. The standard InChI is InChI=1S/C9H16O4/c1-7(9(11)12)4-3-5-13-6-8(2)10/h8,10H,1,3-6H2,2H3,(H,11,12). The van der Waals surface area contributed by atoms with E-state index in [1.165, 1.54) is 0 Å². The fourth-order valence-corrected chi connectivity index (χ4v) is 0.748. The van der Waals surface area contributed by atoms with Crippen LogP contribution in [0.1, 0.15) is 19.8 Å². The van der Waals surface area contributed by atoms with Gasteiger partial charge in [-0.15, -0.1) is 0 Å². The van der Waals surface area contributed by atoms with Crippen LogP contribution >= 0.6 is 0 Å². The molecule has 76 valence electrons. The molecule has 4 nitrogen and oxygen atoms in total. The smallest absolute Gasteiger partial charge is 0.330 e. The van der Waals surface area contributed by atoms with Gasteiger partial charge in [0, 0.05) is 12.2 Å². The van der Waals surface area contributed by atoms with Crippen LogP contribution in [0.25, 0.3) is 0 Å². The number of carboxylic acids is 1. The van der Waals surface area contributed by atoms with Crippen molar-refractivity contribution in [3.8, 4) is 0 Å². The Morgan fingerprint density at radius 2 is 2.23 bits per heavy atom. The molecule has 1 unspecified atom stereocenters. The number of aliphatic hydroxyl groups excluding tert-OH is 1. The minimum Gasteiger partial charge on any atom is -0.478 e. The number of hydrogen-bond donors (Lipinski definition) is 2. The van der Waals surface area contributed by atoms with Gasteiger partial charge in [-0.1, -0.05) is 6.58 Å². The third-order valence-electron chi connectivity index (χ3n) is 1.43. The Kier molecular flexibility index (Phi) is 6.18. The summed E-state index contributed by atoms with van der Waals surface area (Å²) in [5.41, 5.74) is 0.195. The van der Waals surface area contributed by atoms with Gasteiger partial charge < -0.3 is 14.9 Å². The van der Waals surface area contributed by atoms with E-state index in [-0.39, 0.29) is 5.57 Å². The van der Waals surface area contributed by atoms with E-state index in [9.17, 15) is 4.79 Å². The monoisotopic (exact) mass is 188 g/mol. The maximum atomic E-state index is 10.3. The lowest BCUT2D eigenvalue weighted by molar-refractivity contribution is -0.132. The second-order valence-electron chi connectivity index (χ2n) is 2.94. The Balaban J connectivity index is 3.26. The van der Waals surface area contributed by atoms with Gasteiger partial charge in [-0.2, -0.15) is 0 Å². The normalized spacial score (nSPS) is 12.5. The van der Waals surface area contributed by atoms with Crippen LogP contribution in [0, 0.1) is 0 Å². The Labute approximate surface area is 77.8 Å². The van der Waals surface area contributed by atoms with E-state index in [0.29, 0.717) is 26.1 Å². The maximum absolute atomic E-state index is 10.3. The molecule has 0 aromatic heterocycles. The van der Waals surface area contributed by atoms with Gasteiger partial charge in [-0.05, 0) is 19.8 Å². The SMILES string of the molecule is C=C(CCCOCC(C)O)C(=O)O. The lowest BCUT2D eigenvalue weighted by atomic mass is 10.2. The Morgan fingerprint density at radius 1 is 1.62 bits per heavy atom. The topological polar surface area (TPSA) is 66.8 Å². The van der Waals surface area contributed by atoms with Crippen LogP contribution in [0.5, 0.6) is 0 Å². The van der Waals surface area contributed by atoms with Crippen molar-refractivity contribution in [2.24, 2.45) is 0 Å². The Morgan fingerprint density at radius 3 is 2.69 bits per heavy atom. The molecule has 0 bridgehead atoms. The third kappa shape index (κ3) is 7.49. The summed E-state index contributed by atoms with van der Waals surface area (Å²) >= 11 is 0. The van der Waals surface area contributed by atoms with Gasteiger partial charge in [0.15, 0.2) is 0 Å². The van der Waals surface area contributed by atoms with Crippen molar-refractivity contribution in [2.75, 3.05) is 13.2 Å². The van der Waals surface area contributed by atoms with Crippen molar-refractivity contribution in [1.29, 1.82) is 0 Å². The highest BCUT2D eigenvalue weighted by molar-refractivity contribution is 5.85. The number of rotatable bonds is 7. The summed E-state index contributed by atoms with van der Waals surface area (Å²) in [6.07, 6.45) is 0.579. The molecule has 0 aromatic rings. The molecule has 0 saturated heterocycles. The van der Waals surface area contributed by atoms with E-state index < -0.39 is 12.1 Å². The van der Waals surface area contributed by atoms with Crippen LogP contribution in [0.3, 0.4) is 0 Å². The Hall–Kier alpha value is -0.870. The lowest BCUT2D eigenvalue weighted by Gasteiger charge is -2.05. The van der Waals surface area contributed by atoms with E-state index in [2.05, 4.69) is 6.58 Å². The van der Waals surface area contributed by atoms with Crippen LogP contribution < -0.4 is 0 Å². The molecule has 0 amide bonds. The first kappa shape index (κ1) is 12.1. The second kappa shape index (κ2) is 6.62. The lowest BCUT2D eigenvalue weighted by Crippen LogP contribution is -2.11. The largest absolute Gasteiger partial charge is 0.478 e. The zero-order chi connectivity index (χ0) is 10.3. The molecule has 0 rings (SSSR count). The van der Waals surface area contributed by atoms with Crippen molar-refractivity contribution in [3.05, 3.63) is 12.2 Å². The number of hydrogen-bond acceptors (Lipinski definition) is 3. The fourth-order valence-electron chi connectivity index (χ4n) is 0.748. The molecular weight excluding hydrogens is 172 g/mol. The van der Waals surface area contributed by atoms with Gasteiger partial charge in [-0.25, -0.2) is 4.79 Å². The highest BCUT2D eigenvalue weighted by atomic mass is 16.5. The number of aliphatic hydroxyl groups is 1. The van der Waals surface area contributed by atoms with Crippen LogP contribution in [-0.2, 0) is 9.53 Å². The van der Waals surface area contributed by atoms with Crippen molar-refractivity contribution >= 4 is 5.97 Å². The second-order valence-corrected chi connectivity index (χ2v) is 2.94. The van der Waals surface area contributed by atoms with Gasteiger partial charge in [0.25, 0.3) is 0 Å². The molecule has 2 N–H and O–H groups in total. The summed E-state index contributed by atoms with van der Waals surface area (Å²) in [6, 6.07) is 0. The molecule has 1 atom stereocenters. The van der Waals surface area contributed by atoms with Gasteiger partial charge in [-0.3, -0.25) is 0 Å². The molecule has 0 heterocycles. The molecule has 0 radical (unpaired) electrons. The summed E-state index contributed by atoms with van der Waals surface area (Å²) in [7, 11) is 0. The first-order valence-electron chi connectivity index (χ1n) is 4.21. The van der Waals surface area contributed by atoms with Crippen molar-refractivity contribution in [3.63, 3.8) is 0 Å². The molecule has 0 aromatic carbocycles. The van der Waals surface area contributed by atoms with Crippen molar-refractivity contribution in [1.82, 2.24) is 0 Å². The first-order valence-corrected chi connectivity index (χ1v) is 4.21. The number of aliphatic carboxylic acids is 1. The minimum atomic E-state index is -0.962. The van der Waals surface area contributed by atoms with E-state index >= 15 is 0 Å². The predicted octanol–water partition coefficient (Wildman–Crippen LogP) is 0.805. The van der Waals surface area contributed by atoms with Crippen molar-refractivity contribution in [2.45, 2.75) is 25.9 Å². The van der Waals surface area contributed by atoms with Gasteiger partial charge in [0.1, 0.15) is 0 Å². The summed E-state index contributed by atoms with van der Waals surface area (Å²) in [4.78, 5) is 10.3. The van der Waals surface area contributed by atoms with E-state index in [4.69, 9.17) is 14.9 Å². The minimum absolute atomic E-state index is 0.195. The molecule has 0 aliphatic rings. The zero-order valence-electron chi connectivity index (χ0n) is 7.82. The van der Waals surface area contributed by atoms with Crippen LogP contribution in [0.4, 0.5) is 0 Å². The maximum Gasteiger partial charge on any atom is 0.330 e. The quantitative estimate of drug-likeness (QED) is 0.458. The number of carboxylic acid groups (broad SMARTS) is 1. The highest BCUT2D eigenvalue weighted by Gasteiger charge is 2.02. The van der Waals surface area contributed by atoms with E-state index in [1.54, 1.807) is 6.92 Å². The molecule has 13 heavy (non-hydrogen) atoms. The third-order valence-corrected chi connectivity index (χ3v) is 1.43. The van der Waals surface area contributed by atoms with Crippen LogP contribution in [-0.4, -0.2) is 35.5 Å². The molecule has 0 fully saturated rings. The van der Waals surface area contributed by atoms with Crippen LogP contribution in [0.2, 0.25) is 0 Å².